The third-order valence-corrected chi connectivity index (χ3v) is 1.43. The van der Waals surface area contributed by atoms with E-state index in [0.717, 1.165) is 0 Å². The summed E-state index contributed by atoms with van der Waals surface area (Å²) in [7, 11) is -0.532. The summed E-state index contributed by atoms with van der Waals surface area (Å²) in [6.45, 7) is -0.941. The molecule has 1 unspecified atom stereocenters. The van der Waals surface area contributed by atoms with Gasteiger partial charge in [-0.3, -0.25) is 4.90 Å². The summed E-state index contributed by atoms with van der Waals surface area (Å²) in [4.78, 5) is 1.20. The van der Waals surface area contributed by atoms with E-state index in [-0.39, 0.29) is 34.7 Å². The van der Waals surface area contributed by atoms with E-state index < -0.39 is 11.2 Å². The first kappa shape index (κ1) is 4.04. The lowest BCUT2D eigenvalue weighted by atomic mass is 9.90. The molecule has 0 heterocycles. The Morgan fingerprint density at radius 3 is 2.10 bits per heavy atom. The van der Waals surface area contributed by atoms with E-state index in [4.69, 9.17) is 18.3 Å². The van der Waals surface area contributed by atoms with Crippen LogP contribution in [-0.2, 0) is 0 Å². The fourth-order valence-electron chi connectivity index (χ4n) is 0.315. The molecule has 0 bridgehead atoms. The third kappa shape index (κ3) is 1.68. The molecule has 0 aliphatic heterocycles. The molecule has 0 amide bonds. The average molecular weight is 150 g/mol. The minimum Gasteiger partial charge on any atom is -0.323 e. The summed E-state index contributed by atoms with van der Waals surface area (Å²) < 4.78 is 36.4. The quantitative estimate of drug-likeness (QED) is 0.543. The fraction of sp³-hybridized carbons (Fsp3) is 1.00. The summed E-state index contributed by atoms with van der Waals surface area (Å²) in [5.74, 6) is 0. The molecule has 0 aromatic carbocycles. The molecule has 10 heavy (non-hydrogen) atoms. The Balaban J connectivity index is 5.12. The van der Waals surface area contributed by atoms with Gasteiger partial charge in [0.15, 0.2) is 0 Å². The van der Waals surface area contributed by atoms with Gasteiger partial charge in [-0.2, -0.15) is 0 Å². The molecule has 0 aromatic heterocycles. The highest BCUT2D eigenvalue weighted by atomic mass is 15.3. The van der Waals surface area contributed by atoms with Crippen LogP contribution in [0.5, 0.6) is 0 Å². The molecule has 0 fully saturated rings. The molecule has 0 aliphatic carbocycles. The molecule has 4 N–H and O–H groups in total. The van der Waals surface area contributed by atoms with Gasteiger partial charge in [0.05, 0.1) is 5.66 Å². The van der Waals surface area contributed by atoms with Crippen molar-refractivity contribution < 1.29 is 6.85 Å². The molecule has 0 aromatic rings. The van der Waals surface area contributed by atoms with E-state index in [1.165, 1.54) is 4.90 Å². The summed E-state index contributed by atoms with van der Waals surface area (Å²) in [6, 6.07) is 0. The maximum atomic E-state index is 7.38. The Morgan fingerprint density at radius 1 is 1.20 bits per heavy atom. The van der Waals surface area contributed by atoms with Crippen molar-refractivity contribution in [2.24, 2.45) is 11.5 Å². The molecule has 0 spiro atoms. The van der Waals surface area contributed by atoms with Crippen molar-refractivity contribution in [3.05, 3.63) is 0 Å². The van der Waals surface area contributed by atoms with Crippen LogP contribution in [0.4, 0.5) is 0 Å². The monoisotopic (exact) mass is 150 g/mol. The van der Waals surface area contributed by atoms with Gasteiger partial charge < -0.3 is 11.5 Å². The van der Waals surface area contributed by atoms with Crippen LogP contribution >= 0.6 is 0 Å². The van der Waals surface area contributed by atoms with E-state index in [9.17, 15) is 0 Å². The Morgan fingerprint density at radius 2 is 1.80 bits per heavy atom. The van der Waals surface area contributed by atoms with Crippen molar-refractivity contribution in [3.63, 3.8) is 0 Å². The summed E-state index contributed by atoms with van der Waals surface area (Å²) in [5, 5.41) is 0. The van der Waals surface area contributed by atoms with Crippen LogP contribution in [-0.4, -0.2) is 30.1 Å². The van der Waals surface area contributed by atoms with Gasteiger partial charge in [0.1, 0.15) is 0 Å². The Labute approximate surface area is 70.4 Å². The largest absolute Gasteiger partial charge is 0.323 e. The van der Waals surface area contributed by atoms with Gasteiger partial charge in [0, 0.05) is 12.4 Å². The number of hydrogen-bond donors (Lipinski definition) is 2. The van der Waals surface area contributed by atoms with E-state index in [0.29, 0.717) is 0 Å². The Hall–Kier alpha value is -0.120. The average Bonchev–Trinajstić information content (AvgIpc) is 2.28. The van der Waals surface area contributed by atoms with E-state index >= 15 is 0 Å². The normalized spacial score (nSPS) is 25.7. The van der Waals surface area contributed by atoms with E-state index in [2.05, 4.69) is 0 Å². The maximum absolute atomic E-state index is 7.38. The minimum atomic E-state index is -1.46. The zero-order valence-electron chi connectivity index (χ0n) is 11.1. The lowest BCUT2D eigenvalue weighted by Crippen LogP contribution is -2.67. The molecule has 62 valence electrons. The van der Waals surface area contributed by atoms with Crippen LogP contribution in [0.25, 0.3) is 0 Å². The molecule has 0 radical (unpaired) electrons. The Kier molecular flexibility index (Phi) is 1.01. The maximum Gasteiger partial charge on any atom is 0.0832 e. The number of hydrogen-bond acceptors (Lipinski definition) is 3. The first-order chi connectivity index (χ1) is 6.95. The second-order valence-electron chi connectivity index (χ2n) is 2.62. The first-order valence-electron chi connectivity index (χ1n) is 6.28. The van der Waals surface area contributed by atoms with Crippen molar-refractivity contribution in [2.45, 2.75) is 31.9 Å². The van der Waals surface area contributed by atoms with Gasteiger partial charge >= 0.3 is 0 Å². The van der Waals surface area contributed by atoms with Crippen molar-refractivity contribution in [1.82, 2.24) is 4.90 Å². The van der Waals surface area contributed by atoms with E-state index in [1.807, 2.05) is 0 Å². The highest BCUT2D eigenvalue weighted by molar-refractivity contribution is 4.95. The third-order valence-electron chi connectivity index (χ3n) is 1.43. The number of likely N-dealkylation sites (N-methyl/N-ethyl adjacent to an activating group) is 1. The minimum absolute atomic E-state index is 0.266. The van der Waals surface area contributed by atoms with Gasteiger partial charge in [-0.25, -0.2) is 0 Å². The summed E-state index contributed by atoms with van der Waals surface area (Å²) in [6.07, 6.45) is 0. The second kappa shape index (κ2) is 2.49. The smallest absolute Gasteiger partial charge is 0.0832 e. The number of nitrogens with two attached hydrogens (primary N) is 2. The van der Waals surface area contributed by atoms with Gasteiger partial charge in [-0.15, -0.1) is 0 Å². The van der Waals surface area contributed by atoms with Crippen LogP contribution in [0.3, 0.4) is 0 Å². The van der Waals surface area contributed by atoms with Crippen molar-refractivity contribution in [1.29, 1.82) is 0 Å². The second-order valence-corrected chi connectivity index (χ2v) is 2.62. The molecule has 0 aliphatic rings. The first-order valence-corrected chi connectivity index (χ1v) is 2.74. The van der Waals surface area contributed by atoms with Crippen LogP contribution in [0.1, 0.15) is 27.6 Å². The van der Waals surface area contributed by atoms with Gasteiger partial charge in [0.25, 0.3) is 0 Å². The molecular formula is C7H19N3. The molecular weight excluding hydrogens is 126 g/mol. The van der Waals surface area contributed by atoms with Crippen LogP contribution in [0.15, 0.2) is 0 Å². The van der Waals surface area contributed by atoms with Crippen molar-refractivity contribution in [2.75, 3.05) is 14.0 Å². The van der Waals surface area contributed by atoms with Gasteiger partial charge in [-0.05, 0) is 34.7 Å². The molecule has 3 heteroatoms. The summed E-state index contributed by atoms with van der Waals surface area (Å²) >= 11 is 0. The van der Waals surface area contributed by atoms with Crippen LogP contribution in [0.2, 0.25) is 0 Å². The zero-order valence-corrected chi connectivity index (χ0v) is 6.14. The standard InChI is InChI=1S/C7H19N3/c1-6(2,8)7(3,9)10(4)5/h8-9H2,1-5H3/i1D,2D,3D,4D,5D. The topological polar surface area (TPSA) is 55.3 Å². The molecule has 1 atom stereocenters. The highest BCUT2D eigenvalue weighted by Gasteiger charge is 2.35. The Bertz CT molecular complexity index is 185. The van der Waals surface area contributed by atoms with Gasteiger partial charge in [-0.1, -0.05) is 0 Å². The molecule has 0 rings (SSSR count). The lowest BCUT2D eigenvalue weighted by molar-refractivity contribution is 0.0982. The highest BCUT2D eigenvalue weighted by Crippen LogP contribution is 2.17. The predicted molar refractivity (Wildman–Crippen MR) is 44.5 cm³/mol. The van der Waals surface area contributed by atoms with Crippen molar-refractivity contribution in [3.8, 4) is 0 Å². The zero-order chi connectivity index (χ0) is 12.1. The SMILES string of the molecule is [2H]CN(C[2H])C(N)(C[2H])C(N)(C[2H])C[2H]. The predicted octanol–water partition coefficient (Wildman–Crippen LogP) is -0.0398. The van der Waals surface area contributed by atoms with E-state index in [1.54, 1.807) is 0 Å². The van der Waals surface area contributed by atoms with Crippen LogP contribution in [0, 0.1) is 0 Å². The molecule has 0 saturated heterocycles. The molecule has 0 saturated carbocycles. The van der Waals surface area contributed by atoms with Crippen molar-refractivity contribution >= 4 is 0 Å². The summed E-state index contributed by atoms with van der Waals surface area (Å²) in [5.41, 5.74) is 8.87. The fourth-order valence-corrected chi connectivity index (χ4v) is 0.315. The van der Waals surface area contributed by atoms with Crippen LogP contribution < -0.4 is 11.5 Å². The van der Waals surface area contributed by atoms with Gasteiger partial charge in [0.2, 0.25) is 0 Å². The number of nitrogens with zero attached hydrogens (tertiary/aromatic N) is 1. The number of rotatable bonds is 2. The lowest BCUT2D eigenvalue weighted by Gasteiger charge is -2.43. The molecule has 3 nitrogen and oxygen atoms in total.